The molecule has 5 nitrogen and oxygen atoms in total. The fourth-order valence-corrected chi connectivity index (χ4v) is 4.50. The van der Waals surface area contributed by atoms with Crippen molar-refractivity contribution in [2.24, 2.45) is 5.73 Å². The van der Waals surface area contributed by atoms with E-state index in [1.54, 1.807) is 6.07 Å². The molecule has 0 radical (unpaired) electrons. The quantitative estimate of drug-likeness (QED) is 0.773. The van der Waals surface area contributed by atoms with Crippen molar-refractivity contribution < 1.29 is 13.2 Å². The summed E-state index contributed by atoms with van der Waals surface area (Å²) < 4.78 is 32.6. The van der Waals surface area contributed by atoms with Gasteiger partial charge in [-0.15, -0.1) is 11.3 Å². The number of rotatable bonds is 6. The summed E-state index contributed by atoms with van der Waals surface area (Å²) in [7, 11) is -3.48. The largest absolute Gasteiger partial charge is 0.389 e. The molecule has 3 N–H and O–H groups in total. The first-order valence-electron chi connectivity index (χ1n) is 6.50. The van der Waals surface area contributed by atoms with E-state index in [-0.39, 0.29) is 15.3 Å². The number of nitrogens with one attached hydrogen (secondary N) is 1. The Balaban J connectivity index is 1.88. The molecule has 0 aliphatic carbocycles. The number of thiophene rings is 1. The molecule has 112 valence electrons. The van der Waals surface area contributed by atoms with E-state index in [9.17, 15) is 8.42 Å². The molecule has 2 heterocycles. The van der Waals surface area contributed by atoms with Gasteiger partial charge >= 0.3 is 0 Å². The van der Waals surface area contributed by atoms with Crippen molar-refractivity contribution >= 4 is 38.6 Å². The van der Waals surface area contributed by atoms with Gasteiger partial charge in [0.25, 0.3) is 0 Å². The normalized spacial score (nSPS) is 19.9. The fraction of sp³-hybridized carbons (Fsp3) is 0.583. The molecule has 1 aromatic heterocycles. The van der Waals surface area contributed by atoms with E-state index in [1.807, 2.05) is 0 Å². The monoisotopic (exact) mass is 334 g/mol. The smallest absolute Gasteiger partial charge is 0.250 e. The third-order valence-electron chi connectivity index (χ3n) is 3.12. The van der Waals surface area contributed by atoms with E-state index in [1.165, 1.54) is 6.07 Å². The maximum absolute atomic E-state index is 12.1. The van der Waals surface area contributed by atoms with Crippen LogP contribution in [0.5, 0.6) is 0 Å². The molecule has 0 aromatic carbocycles. The maximum atomic E-state index is 12.1. The van der Waals surface area contributed by atoms with Crippen molar-refractivity contribution in [3.05, 3.63) is 17.0 Å². The third-order valence-corrected chi connectivity index (χ3v) is 6.54. The first-order chi connectivity index (χ1) is 9.49. The molecule has 0 bridgehead atoms. The first-order valence-corrected chi connectivity index (χ1v) is 9.21. The summed E-state index contributed by atoms with van der Waals surface area (Å²) in [6.45, 7) is 1.16. The summed E-state index contributed by atoms with van der Waals surface area (Å²) in [6.07, 6.45) is 4.12. The van der Waals surface area contributed by atoms with Crippen molar-refractivity contribution in [3.63, 3.8) is 0 Å². The van der Waals surface area contributed by atoms with Gasteiger partial charge in [0.05, 0.1) is 11.0 Å². The second-order valence-electron chi connectivity index (χ2n) is 4.66. The average Bonchev–Trinajstić information content (AvgIpc) is 2.90. The Hall–Kier alpha value is -0.540. The molecule has 1 aliphatic rings. The van der Waals surface area contributed by atoms with Crippen LogP contribution in [0.4, 0.5) is 0 Å². The molecular weight excluding hydrogens is 316 g/mol. The lowest BCUT2D eigenvalue weighted by Gasteiger charge is -2.22. The lowest BCUT2D eigenvalue weighted by Crippen LogP contribution is -2.29. The molecule has 20 heavy (non-hydrogen) atoms. The van der Waals surface area contributed by atoms with Crippen molar-refractivity contribution in [1.82, 2.24) is 4.72 Å². The van der Waals surface area contributed by atoms with Crippen molar-refractivity contribution in [3.8, 4) is 0 Å². The summed E-state index contributed by atoms with van der Waals surface area (Å²) >= 11 is 5.91. The second kappa shape index (κ2) is 6.95. The van der Waals surface area contributed by atoms with Gasteiger partial charge in [-0.3, -0.25) is 0 Å². The minimum Gasteiger partial charge on any atom is -0.389 e. The summed E-state index contributed by atoms with van der Waals surface area (Å²) in [5.41, 5.74) is 5.48. The molecular formula is C12H18N2O3S3. The standard InChI is InChI=1S/C12H18N2O3S3/c13-12(18)10-4-5-11(19-10)20(15,16)14-7-6-9-3-1-2-8-17-9/h4-5,9,14H,1-3,6-8H2,(H2,13,18). The Kier molecular flexibility index (Phi) is 5.50. The summed E-state index contributed by atoms with van der Waals surface area (Å²) in [6, 6.07) is 3.16. The molecule has 8 heteroatoms. The highest BCUT2D eigenvalue weighted by Crippen LogP contribution is 2.21. The predicted molar refractivity (Wildman–Crippen MR) is 83.6 cm³/mol. The average molecular weight is 334 g/mol. The van der Waals surface area contributed by atoms with E-state index >= 15 is 0 Å². The lowest BCUT2D eigenvalue weighted by molar-refractivity contribution is 0.0123. The van der Waals surface area contributed by atoms with Crippen LogP contribution in [0.3, 0.4) is 0 Å². The zero-order chi connectivity index (χ0) is 14.6. The van der Waals surface area contributed by atoms with Crippen LogP contribution in [-0.4, -0.2) is 32.7 Å². The minimum atomic E-state index is -3.48. The zero-order valence-corrected chi connectivity index (χ0v) is 13.5. The maximum Gasteiger partial charge on any atom is 0.250 e. The van der Waals surface area contributed by atoms with Crippen LogP contribution in [0.15, 0.2) is 16.3 Å². The van der Waals surface area contributed by atoms with Crippen molar-refractivity contribution in [2.75, 3.05) is 13.2 Å². The van der Waals surface area contributed by atoms with E-state index in [0.29, 0.717) is 17.8 Å². The van der Waals surface area contributed by atoms with Gasteiger partial charge in [0.2, 0.25) is 10.0 Å². The summed E-state index contributed by atoms with van der Waals surface area (Å²) in [5, 5.41) is 0. The molecule has 0 saturated carbocycles. The molecule has 1 fully saturated rings. The van der Waals surface area contributed by atoms with Gasteiger partial charge in [-0.1, -0.05) is 12.2 Å². The molecule has 1 atom stereocenters. The highest BCUT2D eigenvalue weighted by atomic mass is 32.2. The Morgan fingerprint density at radius 3 is 2.90 bits per heavy atom. The molecule has 1 saturated heterocycles. The van der Waals surface area contributed by atoms with Crippen LogP contribution >= 0.6 is 23.6 Å². The van der Waals surface area contributed by atoms with Gasteiger partial charge in [0.15, 0.2) is 0 Å². The summed E-state index contributed by atoms with van der Waals surface area (Å²) in [5.74, 6) is 0. The lowest BCUT2D eigenvalue weighted by atomic mass is 10.1. The number of sulfonamides is 1. The van der Waals surface area contributed by atoms with Crippen LogP contribution < -0.4 is 10.5 Å². The third kappa shape index (κ3) is 4.23. The van der Waals surface area contributed by atoms with E-state index in [2.05, 4.69) is 4.72 Å². The number of nitrogens with two attached hydrogens (primary N) is 1. The van der Waals surface area contributed by atoms with Gasteiger partial charge in [0, 0.05) is 13.2 Å². The van der Waals surface area contributed by atoms with Gasteiger partial charge in [-0.05, 0) is 37.8 Å². The Morgan fingerprint density at radius 2 is 2.30 bits per heavy atom. The predicted octanol–water partition coefficient (Wildman–Crippen LogP) is 1.62. The van der Waals surface area contributed by atoms with Crippen LogP contribution in [0.25, 0.3) is 0 Å². The van der Waals surface area contributed by atoms with E-state index < -0.39 is 10.0 Å². The number of hydrogen-bond donors (Lipinski definition) is 2. The van der Waals surface area contributed by atoms with Crippen LogP contribution in [0.1, 0.15) is 30.6 Å². The second-order valence-corrected chi connectivity index (χ2v) is 8.18. The van der Waals surface area contributed by atoms with Gasteiger partial charge < -0.3 is 10.5 Å². The highest BCUT2D eigenvalue weighted by molar-refractivity contribution is 7.91. The molecule has 2 rings (SSSR count). The molecule has 1 aliphatic heterocycles. The van der Waals surface area contributed by atoms with E-state index in [0.717, 1.165) is 37.2 Å². The molecule has 0 amide bonds. The molecule has 0 spiro atoms. The fourth-order valence-electron chi connectivity index (χ4n) is 2.06. The van der Waals surface area contributed by atoms with Gasteiger partial charge in [0.1, 0.15) is 9.20 Å². The topological polar surface area (TPSA) is 81.4 Å². The Labute approximate surface area is 128 Å². The number of ether oxygens (including phenoxy) is 1. The SMILES string of the molecule is NC(=S)c1ccc(S(=O)(=O)NCCC2CCCCO2)s1. The molecule has 1 unspecified atom stereocenters. The van der Waals surface area contributed by atoms with E-state index in [4.69, 9.17) is 22.7 Å². The molecule has 1 aromatic rings. The number of hydrogen-bond acceptors (Lipinski definition) is 5. The van der Waals surface area contributed by atoms with Crippen LogP contribution in [0, 0.1) is 0 Å². The van der Waals surface area contributed by atoms with Crippen molar-refractivity contribution in [2.45, 2.75) is 36.0 Å². The Morgan fingerprint density at radius 1 is 1.50 bits per heavy atom. The van der Waals surface area contributed by atoms with Crippen LogP contribution in [0.2, 0.25) is 0 Å². The van der Waals surface area contributed by atoms with Gasteiger partial charge in [-0.25, -0.2) is 13.1 Å². The first kappa shape index (κ1) is 15.8. The highest BCUT2D eigenvalue weighted by Gasteiger charge is 2.19. The van der Waals surface area contributed by atoms with Gasteiger partial charge in [-0.2, -0.15) is 0 Å². The zero-order valence-electron chi connectivity index (χ0n) is 11.0. The summed E-state index contributed by atoms with van der Waals surface area (Å²) in [4.78, 5) is 0.822. The Bertz CT molecular complexity index is 562. The van der Waals surface area contributed by atoms with Crippen LogP contribution in [-0.2, 0) is 14.8 Å². The van der Waals surface area contributed by atoms with Crippen molar-refractivity contribution in [1.29, 1.82) is 0 Å². The minimum absolute atomic E-state index is 0.168. The number of thiocarbonyl (C=S) groups is 1.